The maximum Gasteiger partial charge on any atom is 1.00 e. The molecule has 0 radical (unpaired) electrons. The van der Waals surface area contributed by atoms with E-state index < -0.39 is 9.17 Å². The van der Waals surface area contributed by atoms with Crippen LogP contribution in [0.15, 0.2) is 0 Å². The Morgan fingerprint density at radius 1 is 1.33 bits per heavy atom. The molecule has 0 amide bonds. The Morgan fingerprint density at radius 3 is 1.33 bits per heavy atom. The summed E-state index contributed by atoms with van der Waals surface area (Å²) in [6.07, 6.45) is 0. The van der Waals surface area contributed by atoms with Crippen LogP contribution in [0, 0.1) is 0 Å². The van der Waals surface area contributed by atoms with Gasteiger partial charge in [0.25, 0.3) is 0 Å². The first-order valence-corrected chi connectivity index (χ1v) is 2.33. The van der Waals surface area contributed by atoms with Crippen molar-refractivity contribution in [2.45, 2.75) is 0 Å². The summed E-state index contributed by atoms with van der Waals surface area (Å²) >= 11 is 0. The predicted octanol–water partition coefficient (Wildman–Crippen LogP) is -9.93. The Balaban J connectivity index is -0.0000000233. The summed E-state index contributed by atoms with van der Waals surface area (Å²) in [6.45, 7) is 0. The first kappa shape index (κ1) is 22.4. The third-order valence-electron chi connectivity index (χ3n) is 0. The Kier molecular flexibility index (Phi) is 56.9. The second kappa shape index (κ2) is 22.8. The summed E-state index contributed by atoms with van der Waals surface area (Å²) in [5.74, 6) is 0. The van der Waals surface area contributed by atoms with Gasteiger partial charge < -0.3 is 14.1 Å². The van der Waals surface area contributed by atoms with Crippen molar-refractivity contribution in [3.05, 3.63) is 0 Å². The van der Waals surface area contributed by atoms with Gasteiger partial charge in [-0.25, -0.2) is 0 Å². The molecule has 0 fully saturated rings. The van der Waals surface area contributed by atoms with Gasteiger partial charge in [0.2, 0.25) is 0 Å². The Labute approximate surface area is 98.2 Å². The monoisotopic (exact) mass is 166 g/mol. The van der Waals surface area contributed by atoms with Gasteiger partial charge in [-0.3, -0.25) is 0 Å². The zero-order valence-corrected chi connectivity index (χ0v) is 10.2. The second-order valence-electron chi connectivity index (χ2n) is 0.355. The number of hydrogen-bond donors (Lipinski definition) is 1. The second-order valence-corrected chi connectivity index (χ2v) is 0.855. The third kappa shape index (κ3) is 300. The van der Waals surface area contributed by atoms with Gasteiger partial charge in [0.15, 0.2) is 0 Å². The van der Waals surface area contributed by atoms with Crippen molar-refractivity contribution >= 4 is 16.5 Å². The molecule has 0 aromatic heterocycles. The SMILES string of the molecule is O=BO.O=[Si]([O-])[O-].[Na+].[Na+]. The molecule has 0 aromatic rings. The molecule has 0 aromatic carbocycles. The molecule has 1 N–H and O–H groups in total. The van der Waals surface area contributed by atoms with Crippen LogP contribution in [0.1, 0.15) is 0 Å². The summed E-state index contributed by atoms with van der Waals surface area (Å²) in [5.41, 5.74) is 0. The van der Waals surface area contributed by atoms with Crippen molar-refractivity contribution < 1.29 is 82.9 Å². The molecule has 0 saturated heterocycles. The van der Waals surface area contributed by atoms with Crippen molar-refractivity contribution in [3.63, 3.8) is 0 Å². The molecule has 0 saturated carbocycles. The van der Waals surface area contributed by atoms with E-state index in [0.717, 1.165) is 0 Å². The summed E-state index contributed by atoms with van der Waals surface area (Å²) < 4.78 is 16.9. The van der Waals surface area contributed by atoms with Crippen molar-refractivity contribution in [2.75, 3.05) is 0 Å². The quantitative estimate of drug-likeness (QED) is 0.360. The van der Waals surface area contributed by atoms with E-state index in [2.05, 4.69) is 0 Å². The molecule has 0 aliphatic heterocycles. The molecule has 0 aliphatic rings. The number of rotatable bonds is 0. The molecule has 40 valence electrons. The first-order chi connectivity index (χ1) is 3.15. The Bertz CT molecular complexity index is 62.0. The van der Waals surface area contributed by atoms with Crippen molar-refractivity contribution in [1.29, 1.82) is 0 Å². The molecule has 0 aliphatic carbocycles. The van der Waals surface area contributed by atoms with Crippen molar-refractivity contribution in [2.24, 2.45) is 0 Å². The molecule has 0 rings (SSSR count). The molecule has 9 heteroatoms. The molecule has 0 unspecified atom stereocenters. The maximum absolute atomic E-state index is 8.52. The minimum Gasteiger partial charge on any atom is -0.672 e. The molecule has 0 spiro atoms. The van der Waals surface area contributed by atoms with Gasteiger partial charge in [0, 0.05) is 9.17 Å². The average Bonchev–Trinajstić information content (AvgIpc) is 1.33. The molecule has 0 heterocycles. The van der Waals surface area contributed by atoms with Crippen LogP contribution < -0.4 is 68.7 Å². The van der Waals surface area contributed by atoms with E-state index in [0.29, 0.717) is 0 Å². The molecular weight excluding hydrogens is 165 g/mol. The standard InChI is InChI=1S/BHO2.2Na.O3Si/c2-1-3;;;1-4(2)3/h2H;;;/q;2*+1;-2. The molecule has 0 bridgehead atoms. The van der Waals surface area contributed by atoms with Crippen LogP contribution in [0.25, 0.3) is 0 Å². The van der Waals surface area contributed by atoms with E-state index >= 15 is 0 Å². The van der Waals surface area contributed by atoms with E-state index in [1.165, 1.54) is 0 Å². The van der Waals surface area contributed by atoms with Crippen LogP contribution in [0.5, 0.6) is 0 Å². The van der Waals surface area contributed by atoms with E-state index in [9.17, 15) is 0 Å². The van der Waals surface area contributed by atoms with Crippen molar-refractivity contribution in [3.8, 4) is 0 Å². The first-order valence-electron chi connectivity index (χ1n) is 1.11. The van der Waals surface area contributed by atoms with Crippen molar-refractivity contribution in [1.82, 2.24) is 0 Å². The molecular formula is HBNa2O5Si. The fourth-order valence-corrected chi connectivity index (χ4v) is 0. The van der Waals surface area contributed by atoms with E-state index in [1.54, 1.807) is 0 Å². The third-order valence-corrected chi connectivity index (χ3v) is 0. The minimum atomic E-state index is -3.63. The van der Waals surface area contributed by atoms with Crippen LogP contribution in [-0.4, -0.2) is 21.5 Å². The van der Waals surface area contributed by atoms with Gasteiger partial charge in [-0.05, 0) is 0 Å². The van der Waals surface area contributed by atoms with Crippen LogP contribution >= 0.6 is 0 Å². The summed E-state index contributed by atoms with van der Waals surface area (Å²) in [7, 11) is -3.88. The summed E-state index contributed by atoms with van der Waals surface area (Å²) in [6, 6.07) is 0. The van der Waals surface area contributed by atoms with E-state index in [1.807, 2.05) is 0 Å². The fraction of sp³-hybridized carbons (Fsp3) is 0. The van der Waals surface area contributed by atoms with E-state index in [-0.39, 0.29) is 66.5 Å². The Hall–Kier alpha value is 1.28. The van der Waals surface area contributed by atoms with Crippen LogP contribution in [0.2, 0.25) is 0 Å². The van der Waals surface area contributed by atoms with Crippen LogP contribution in [-0.2, 0) is 9.17 Å². The van der Waals surface area contributed by atoms with Gasteiger partial charge in [-0.1, -0.05) is 0 Å². The molecule has 9 heavy (non-hydrogen) atoms. The smallest absolute Gasteiger partial charge is 0.672 e. The zero-order valence-electron chi connectivity index (χ0n) is 5.16. The van der Waals surface area contributed by atoms with Gasteiger partial charge in [-0.2, -0.15) is 0 Å². The zero-order chi connectivity index (χ0) is 6.28. The topological polar surface area (TPSA) is 100 Å². The largest absolute Gasteiger partial charge is 1.00 e. The molecule has 5 nitrogen and oxygen atoms in total. The maximum atomic E-state index is 8.52. The normalized spacial score (nSPS) is 3.56. The van der Waals surface area contributed by atoms with Crippen LogP contribution in [0.3, 0.4) is 0 Å². The summed E-state index contributed by atoms with van der Waals surface area (Å²) in [4.78, 5) is 17.0. The van der Waals surface area contributed by atoms with E-state index in [4.69, 9.17) is 23.8 Å². The average molecular weight is 166 g/mol. The number of hydrogen-bond acceptors (Lipinski definition) is 4. The Morgan fingerprint density at radius 2 is 1.33 bits per heavy atom. The van der Waals surface area contributed by atoms with Gasteiger partial charge in [0.05, 0.1) is 0 Å². The van der Waals surface area contributed by atoms with Gasteiger partial charge in [0.1, 0.15) is 0 Å². The molecule has 0 atom stereocenters. The van der Waals surface area contributed by atoms with Crippen LogP contribution in [0.4, 0.5) is 0 Å². The fourth-order valence-electron chi connectivity index (χ4n) is 0. The van der Waals surface area contributed by atoms with Gasteiger partial charge >= 0.3 is 76.2 Å². The minimum absolute atomic E-state index is 0. The van der Waals surface area contributed by atoms with Gasteiger partial charge in [-0.15, -0.1) is 0 Å². The predicted molar refractivity (Wildman–Crippen MR) is 15.1 cm³/mol. The summed E-state index contributed by atoms with van der Waals surface area (Å²) in [5, 5.41) is 6.89.